The van der Waals surface area contributed by atoms with Gasteiger partial charge < -0.3 is 15.1 Å². The van der Waals surface area contributed by atoms with E-state index in [0.717, 1.165) is 30.0 Å². The van der Waals surface area contributed by atoms with Gasteiger partial charge in [-0.1, -0.05) is 13.8 Å². The second-order valence-electron chi connectivity index (χ2n) is 6.41. The lowest BCUT2D eigenvalue weighted by Gasteiger charge is -2.25. The average molecular weight is 332 g/mol. The van der Waals surface area contributed by atoms with E-state index in [1.807, 2.05) is 67.0 Å². The van der Waals surface area contributed by atoms with Crippen molar-refractivity contribution in [3.63, 3.8) is 0 Å². The summed E-state index contributed by atoms with van der Waals surface area (Å²) in [5, 5.41) is 12.2. The van der Waals surface area contributed by atoms with Crippen LogP contribution in [0.15, 0.2) is 18.2 Å². The molecule has 0 bridgehead atoms. The molecule has 1 aromatic rings. The van der Waals surface area contributed by atoms with Crippen molar-refractivity contribution in [2.45, 2.75) is 40.0 Å². The third kappa shape index (κ3) is 7.01. The standard InChI is InChI=1S/C17H26N4O.C2H6/c1-13(22)19-15-9-14(17(2,3)12-18)10-16(11-15)21(6)8-7-20(4)5;1-2/h9-11H,7-8H2,1-6H3,(H,19,22);1-2H3. The number of carbonyl (C=O) groups is 1. The maximum Gasteiger partial charge on any atom is 0.221 e. The van der Waals surface area contributed by atoms with Crippen molar-refractivity contribution >= 4 is 17.3 Å². The highest BCUT2D eigenvalue weighted by molar-refractivity contribution is 5.89. The third-order valence-electron chi connectivity index (χ3n) is 3.56. The molecule has 0 saturated heterocycles. The predicted octanol–water partition coefficient (Wildman–Crippen LogP) is 3.47. The van der Waals surface area contributed by atoms with E-state index >= 15 is 0 Å². The molecule has 0 aliphatic carbocycles. The summed E-state index contributed by atoms with van der Waals surface area (Å²) in [4.78, 5) is 15.6. The number of rotatable bonds is 6. The van der Waals surface area contributed by atoms with Gasteiger partial charge in [0.05, 0.1) is 11.5 Å². The van der Waals surface area contributed by atoms with Gasteiger partial charge in [-0.2, -0.15) is 5.26 Å². The van der Waals surface area contributed by atoms with Crippen molar-refractivity contribution in [3.05, 3.63) is 23.8 Å². The lowest BCUT2D eigenvalue weighted by atomic mass is 9.85. The Hall–Kier alpha value is -2.06. The number of hydrogen-bond acceptors (Lipinski definition) is 4. The van der Waals surface area contributed by atoms with Crippen molar-refractivity contribution in [1.82, 2.24) is 4.90 Å². The van der Waals surface area contributed by atoms with Gasteiger partial charge in [0.2, 0.25) is 5.91 Å². The summed E-state index contributed by atoms with van der Waals surface area (Å²) >= 11 is 0. The molecule has 5 nitrogen and oxygen atoms in total. The molecule has 1 rings (SSSR count). The number of carbonyl (C=O) groups excluding carboxylic acids is 1. The van der Waals surface area contributed by atoms with Crippen molar-refractivity contribution in [2.24, 2.45) is 0 Å². The van der Waals surface area contributed by atoms with Crippen LogP contribution in [0.25, 0.3) is 0 Å². The zero-order valence-corrected chi connectivity index (χ0v) is 16.4. The van der Waals surface area contributed by atoms with Gasteiger partial charge in [0.25, 0.3) is 0 Å². The largest absolute Gasteiger partial charge is 0.373 e. The first-order valence-electron chi connectivity index (χ1n) is 8.36. The normalized spacial score (nSPS) is 10.5. The number of nitrogens with zero attached hydrogens (tertiary/aromatic N) is 3. The Labute approximate surface area is 147 Å². The first-order chi connectivity index (χ1) is 11.2. The van der Waals surface area contributed by atoms with E-state index in [9.17, 15) is 10.1 Å². The molecule has 134 valence electrons. The predicted molar refractivity (Wildman–Crippen MR) is 103 cm³/mol. The molecule has 24 heavy (non-hydrogen) atoms. The molecular weight excluding hydrogens is 300 g/mol. The first kappa shape index (κ1) is 21.9. The van der Waals surface area contributed by atoms with Gasteiger partial charge in [-0.05, 0) is 51.7 Å². The molecule has 0 aliphatic rings. The van der Waals surface area contributed by atoms with Crippen LogP contribution in [0.2, 0.25) is 0 Å². The van der Waals surface area contributed by atoms with E-state index in [1.54, 1.807) is 0 Å². The first-order valence-corrected chi connectivity index (χ1v) is 8.36. The molecule has 0 aromatic heterocycles. The second kappa shape index (κ2) is 9.94. The molecule has 0 unspecified atom stereocenters. The zero-order chi connectivity index (χ0) is 18.9. The SMILES string of the molecule is CC.CC(=O)Nc1cc(N(C)CCN(C)C)cc(C(C)(C)C#N)c1. The van der Waals surface area contributed by atoms with Crippen molar-refractivity contribution in [1.29, 1.82) is 5.26 Å². The van der Waals surface area contributed by atoms with Crippen LogP contribution in [0.4, 0.5) is 11.4 Å². The lowest BCUT2D eigenvalue weighted by Crippen LogP contribution is -2.29. The summed E-state index contributed by atoms with van der Waals surface area (Å²) < 4.78 is 0. The summed E-state index contributed by atoms with van der Waals surface area (Å²) in [6.45, 7) is 11.0. The minimum absolute atomic E-state index is 0.117. The van der Waals surface area contributed by atoms with Crippen LogP contribution >= 0.6 is 0 Å². The number of hydrogen-bond donors (Lipinski definition) is 1. The minimum atomic E-state index is -0.606. The van der Waals surface area contributed by atoms with Crippen molar-refractivity contribution in [3.8, 4) is 6.07 Å². The molecule has 1 aromatic carbocycles. The molecule has 0 spiro atoms. The Morgan fingerprint density at radius 1 is 1.17 bits per heavy atom. The van der Waals surface area contributed by atoms with Gasteiger partial charge in [0.15, 0.2) is 0 Å². The smallest absolute Gasteiger partial charge is 0.221 e. The van der Waals surface area contributed by atoms with Crippen LogP contribution < -0.4 is 10.2 Å². The highest BCUT2D eigenvalue weighted by Gasteiger charge is 2.21. The maximum atomic E-state index is 11.3. The van der Waals surface area contributed by atoms with Gasteiger partial charge in [-0.3, -0.25) is 4.79 Å². The van der Waals surface area contributed by atoms with Gasteiger partial charge >= 0.3 is 0 Å². The topological polar surface area (TPSA) is 59.4 Å². The fraction of sp³-hybridized carbons (Fsp3) is 0.579. The van der Waals surface area contributed by atoms with Crippen LogP contribution in [0, 0.1) is 11.3 Å². The Morgan fingerprint density at radius 3 is 2.21 bits per heavy atom. The van der Waals surface area contributed by atoms with Crippen molar-refractivity contribution < 1.29 is 4.79 Å². The van der Waals surface area contributed by atoms with E-state index in [1.165, 1.54) is 6.92 Å². The molecule has 0 radical (unpaired) electrons. The zero-order valence-electron chi connectivity index (χ0n) is 16.4. The van der Waals surface area contributed by atoms with Gasteiger partial charge in [-0.25, -0.2) is 0 Å². The molecule has 0 heterocycles. The number of nitriles is 1. The summed E-state index contributed by atoms with van der Waals surface area (Å²) in [6, 6.07) is 8.14. The molecule has 1 amide bonds. The molecule has 0 atom stereocenters. The summed E-state index contributed by atoms with van der Waals surface area (Å²) in [5.74, 6) is -0.117. The number of nitrogens with one attached hydrogen (secondary N) is 1. The molecular formula is C19H32N4O. The number of likely N-dealkylation sites (N-methyl/N-ethyl adjacent to an activating group) is 2. The van der Waals surface area contributed by atoms with Gasteiger partial charge in [0.1, 0.15) is 0 Å². The van der Waals surface area contributed by atoms with Crippen molar-refractivity contribution in [2.75, 3.05) is 44.4 Å². The van der Waals surface area contributed by atoms with E-state index in [4.69, 9.17) is 0 Å². The van der Waals surface area contributed by atoms with Gasteiger partial charge in [0, 0.05) is 38.4 Å². The van der Waals surface area contributed by atoms with Crippen LogP contribution in [0.1, 0.15) is 40.2 Å². The fourth-order valence-electron chi connectivity index (χ4n) is 2.01. The Balaban J connectivity index is 0.00000254. The Bertz CT molecular complexity index is 573. The average Bonchev–Trinajstić information content (AvgIpc) is 2.53. The summed E-state index contributed by atoms with van der Waals surface area (Å²) in [5.41, 5.74) is 2.01. The van der Waals surface area contributed by atoms with Crippen LogP contribution in [-0.4, -0.2) is 45.0 Å². The van der Waals surface area contributed by atoms with E-state index in [-0.39, 0.29) is 5.91 Å². The van der Waals surface area contributed by atoms with Gasteiger partial charge in [-0.15, -0.1) is 0 Å². The number of benzene rings is 1. The monoisotopic (exact) mass is 332 g/mol. The highest BCUT2D eigenvalue weighted by Crippen LogP contribution is 2.30. The Morgan fingerprint density at radius 2 is 1.75 bits per heavy atom. The van der Waals surface area contributed by atoms with Crippen LogP contribution in [0.5, 0.6) is 0 Å². The summed E-state index contributed by atoms with van der Waals surface area (Å²) in [7, 11) is 6.08. The van der Waals surface area contributed by atoms with E-state index in [2.05, 4.69) is 21.2 Å². The second-order valence-corrected chi connectivity index (χ2v) is 6.41. The molecule has 0 aliphatic heterocycles. The summed E-state index contributed by atoms with van der Waals surface area (Å²) in [6.07, 6.45) is 0. The number of anilines is 2. The molecule has 0 fully saturated rings. The van der Waals surface area contributed by atoms with Crippen LogP contribution in [0.3, 0.4) is 0 Å². The lowest BCUT2D eigenvalue weighted by molar-refractivity contribution is -0.114. The molecule has 0 saturated carbocycles. The van der Waals surface area contributed by atoms with Crippen LogP contribution in [-0.2, 0) is 10.2 Å². The minimum Gasteiger partial charge on any atom is -0.373 e. The third-order valence-corrected chi connectivity index (χ3v) is 3.56. The quantitative estimate of drug-likeness (QED) is 0.866. The Kier molecular flexibility index (Phi) is 9.09. The van der Waals surface area contributed by atoms with E-state index < -0.39 is 5.41 Å². The fourth-order valence-corrected chi connectivity index (χ4v) is 2.01. The maximum absolute atomic E-state index is 11.3. The molecule has 5 heteroatoms. The van der Waals surface area contributed by atoms with E-state index in [0.29, 0.717) is 0 Å². The highest BCUT2D eigenvalue weighted by atomic mass is 16.1. The number of amides is 1. The molecule has 1 N–H and O–H groups in total.